The molecule has 2 aromatic carbocycles. The Balaban J connectivity index is 2.15. The molecule has 0 spiro atoms. The monoisotopic (exact) mass is 378 g/mol. The number of H-pyrrole nitrogens is 1. The quantitative estimate of drug-likeness (QED) is 0.746. The van der Waals surface area contributed by atoms with Gasteiger partial charge in [-0.3, -0.25) is 4.79 Å². The maximum absolute atomic E-state index is 13.8. The van der Waals surface area contributed by atoms with Crippen LogP contribution in [0.4, 0.5) is 8.78 Å². The third-order valence-electron chi connectivity index (χ3n) is 3.70. The van der Waals surface area contributed by atoms with Crippen molar-refractivity contribution in [3.63, 3.8) is 0 Å². The van der Waals surface area contributed by atoms with E-state index in [0.29, 0.717) is 17.0 Å². The zero-order valence-corrected chi connectivity index (χ0v) is 14.5. The van der Waals surface area contributed by atoms with Gasteiger partial charge in [0.1, 0.15) is 0 Å². The molecule has 1 aromatic heterocycles. The molecule has 0 aliphatic carbocycles. The highest BCUT2D eigenvalue weighted by molar-refractivity contribution is 6.50. The molecule has 0 radical (unpaired) electrons. The minimum absolute atomic E-state index is 0.0139. The molecule has 0 bridgehead atoms. The Kier molecular flexibility index (Phi) is 4.90. The van der Waals surface area contributed by atoms with Crippen molar-refractivity contribution >= 4 is 33.6 Å². The van der Waals surface area contributed by atoms with Crippen LogP contribution in [0.1, 0.15) is 11.4 Å². The number of benzene rings is 2. The lowest BCUT2D eigenvalue weighted by atomic mass is 10.2. The average Bonchev–Trinajstić information content (AvgIpc) is 2.64. The highest BCUT2D eigenvalue weighted by Crippen LogP contribution is 2.30. The van der Waals surface area contributed by atoms with E-state index in [1.807, 2.05) is 0 Å². The fourth-order valence-corrected chi connectivity index (χ4v) is 2.62. The highest BCUT2D eigenvalue weighted by atomic mass is 35.5. The molecule has 0 unspecified atom stereocenters. The first-order valence-electron chi connectivity index (χ1n) is 7.42. The molecule has 3 rings (SSSR count). The molecule has 1 heterocycles. The van der Waals surface area contributed by atoms with Gasteiger partial charge in [0.25, 0.3) is 5.56 Å². The molecular formula is C18H13ClF2N2O3. The Bertz CT molecular complexity index is 1080. The van der Waals surface area contributed by atoms with E-state index >= 15 is 0 Å². The summed E-state index contributed by atoms with van der Waals surface area (Å²) >= 11 is 6.15. The van der Waals surface area contributed by atoms with Crippen LogP contribution in [0, 0.1) is 11.6 Å². The normalized spacial score (nSPS) is 11.7. The topological polar surface area (TPSA) is 64.2 Å². The minimum Gasteiger partial charge on any atom is -0.493 e. The van der Waals surface area contributed by atoms with Gasteiger partial charge in [-0.1, -0.05) is 23.7 Å². The van der Waals surface area contributed by atoms with Crippen LogP contribution >= 0.6 is 11.6 Å². The summed E-state index contributed by atoms with van der Waals surface area (Å²) in [5, 5.41) is 0.219. The molecule has 1 N–H and O–H groups in total. The molecule has 0 aliphatic rings. The van der Waals surface area contributed by atoms with Crippen LogP contribution in [0.5, 0.6) is 11.5 Å². The van der Waals surface area contributed by atoms with Crippen LogP contribution < -0.4 is 15.0 Å². The summed E-state index contributed by atoms with van der Waals surface area (Å²) in [5.74, 6) is -1.26. The van der Waals surface area contributed by atoms with Crippen LogP contribution in [0.25, 0.3) is 22.0 Å². The van der Waals surface area contributed by atoms with Gasteiger partial charge in [0.15, 0.2) is 29.0 Å². The lowest BCUT2D eigenvalue weighted by molar-refractivity contribution is 0.355. The second-order valence-electron chi connectivity index (χ2n) is 5.27. The molecule has 3 aromatic rings. The summed E-state index contributed by atoms with van der Waals surface area (Å²) < 4.78 is 37.5. The van der Waals surface area contributed by atoms with Crippen molar-refractivity contribution < 1.29 is 18.3 Å². The van der Waals surface area contributed by atoms with E-state index < -0.39 is 17.2 Å². The molecule has 0 saturated carbocycles. The van der Waals surface area contributed by atoms with Gasteiger partial charge in [0.2, 0.25) is 0 Å². The van der Waals surface area contributed by atoms with Crippen molar-refractivity contribution in [2.75, 3.05) is 14.2 Å². The Morgan fingerprint density at radius 1 is 1.19 bits per heavy atom. The first-order chi connectivity index (χ1) is 12.4. The van der Waals surface area contributed by atoms with Gasteiger partial charge >= 0.3 is 0 Å². The maximum atomic E-state index is 13.8. The molecule has 0 fully saturated rings. The number of methoxy groups -OCH3 is 2. The van der Waals surface area contributed by atoms with E-state index in [2.05, 4.69) is 9.97 Å². The summed E-state index contributed by atoms with van der Waals surface area (Å²) in [5.41, 5.74) is -0.213. The minimum atomic E-state index is -1.04. The predicted molar refractivity (Wildman–Crippen MR) is 95.5 cm³/mol. The van der Waals surface area contributed by atoms with Gasteiger partial charge in [0, 0.05) is 11.6 Å². The number of aromatic nitrogens is 2. The molecule has 5 nitrogen and oxygen atoms in total. The third kappa shape index (κ3) is 3.25. The van der Waals surface area contributed by atoms with Crippen molar-refractivity contribution in [1.29, 1.82) is 0 Å². The Morgan fingerprint density at radius 2 is 1.88 bits per heavy atom. The largest absolute Gasteiger partial charge is 0.493 e. The summed E-state index contributed by atoms with van der Waals surface area (Å²) in [6, 6.07) is 6.72. The number of fused-ring (bicyclic) bond motifs is 1. The molecule has 0 amide bonds. The Morgan fingerprint density at radius 3 is 2.58 bits per heavy atom. The van der Waals surface area contributed by atoms with Crippen molar-refractivity contribution in [2.45, 2.75) is 0 Å². The van der Waals surface area contributed by atoms with Gasteiger partial charge in [-0.25, -0.2) is 13.8 Å². The van der Waals surface area contributed by atoms with Crippen molar-refractivity contribution in [1.82, 2.24) is 9.97 Å². The smallest absolute Gasteiger partial charge is 0.259 e. The maximum Gasteiger partial charge on any atom is 0.259 e. The van der Waals surface area contributed by atoms with Crippen LogP contribution in [0.3, 0.4) is 0 Å². The van der Waals surface area contributed by atoms with Crippen molar-refractivity contribution in [2.24, 2.45) is 0 Å². The highest BCUT2D eigenvalue weighted by Gasteiger charge is 2.13. The molecule has 0 atom stereocenters. The standard InChI is InChI=1S/C18H13ClF2N2O3/c1-25-14-7-10-13(8-15(14)26-2)22-17(23-18(10)24)11(19)6-9-4-3-5-12(20)16(9)21/h3-8H,1-2H3,(H,22,23,24). The molecule has 8 heteroatoms. The number of hydrogen-bond acceptors (Lipinski definition) is 4. The second-order valence-corrected chi connectivity index (χ2v) is 5.68. The number of halogens is 3. The molecular weight excluding hydrogens is 366 g/mol. The summed E-state index contributed by atoms with van der Waals surface area (Å²) in [7, 11) is 2.91. The Hall–Kier alpha value is -2.93. The zero-order valence-electron chi connectivity index (χ0n) is 13.8. The van der Waals surface area contributed by atoms with E-state index in [9.17, 15) is 13.6 Å². The van der Waals surface area contributed by atoms with Crippen LogP contribution in [0.15, 0.2) is 35.1 Å². The van der Waals surface area contributed by atoms with Crippen LogP contribution in [-0.4, -0.2) is 24.2 Å². The van der Waals surface area contributed by atoms with Crippen LogP contribution in [-0.2, 0) is 0 Å². The second kappa shape index (κ2) is 7.13. The lowest BCUT2D eigenvalue weighted by Gasteiger charge is -2.09. The van der Waals surface area contributed by atoms with E-state index in [-0.39, 0.29) is 21.8 Å². The van der Waals surface area contributed by atoms with Gasteiger partial charge in [-0.2, -0.15) is 0 Å². The number of ether oxygens (including phenoxy) is 2. The van der Waals surface area contributed by atoms with Gasteiger partial charge in [-0.05, 0) is 18.2 Å². The van der Waals surface area contributed by atoms with E-state index in [1.165, 1.54) is 44.6 Å². The molecule has 26 heavy (non-hydrogen) atoms. The number of nitrogens with zero attached hydrogens (tertiary/aromatic N) is 1. The number of hydrogen-bond donors (Lipinski definition) is 1. The molecule has 134 valence electrons. The molecule has 0 saturated heterocycles. The van der Waals surface area contributed by atoms with Gasteiger partial charge < -0.3 is 14.5 Å². The van der Waals surface area contributed by atoms with Gasteiger partial charge in [0.05, 0.1) is 30.2 Å². The number of aromatic amines is 1. The summed E-state index contributed by atoms with van der Waals surface area (Å²) in [6.45, 7) is 0. The SMILES string of the molecule is COc1cc2nc(C(Cl)=Cc3cccc(F)c3F)[nH]c(=O)c2cc1OC. The first-order valence-corrected chi connectivity index (χ1v) is 7.80. The van der Waals surface area contributed by atoms with E-state index in [1.54, 1.807) is 0 Å². The van der Waals surface area contributed by atoms with E-state index in [4.69, 9.17) is 21.1 Å². The number of rotatable bonds is 4. The number of nitrogens with one attached hydrogen (secondary N) is 1. The first kappa shape index (κ1) is 17.9. The van der Waals surface area contributed by atoms with E-state index in [0.717, 1.165) is 6.07 Å². The predicted octanol–water partition coefficient (Wildman–Crippen LogP) is 3.96. The van der Waals surface area contributed by atoms with Gasteiger partial charge in [-0.15, -0.1) is 0 Å². The fourth-order valence-electron chi connectivity index (χ4n) is 2.42. The van der Waals surface area contributed by atoms with Crippen molar-refractivity contribution in [3.8, 4) is 11.5 Å². The van der Waals surface area contributed by atoms with Crippen LogP contribution in [0.2, 0.25) is 0 Å². The van der Waals surface area contributed by atoms with Crippen molar-refractivity contribution in [3.05, 3.63) is 63.7 Å². The zero-order chi connectivity index (χ0) is 18.8. The molecule has 0 aliphatic heterocycles. The third-order valence-corrected chi connectivity index (χ3v) is 3.99. The fraction of sp³-hybridized carbons (Fsp3) is 0.111. The summed E-state index contributed by atoms with van der Waals surface area (Å²) in [4.78, 5) is 19.1. The average molecular weight is 379 g/mol. The Labute approximate surface area is 151 Å². The lowest BCUT2D eigenvalue weighted by Crippen LogP contribution is -2.11. The summed E-state index contributed by atoms with van der Waals surface area (Å²) in [6.07, 6.45) is 1.19.